The van der Waals surface area contributed by atoms with Gasteiger partial charge in [-0.15, -0.1) is 0 Å². The molecule has 19 heavy (non-hydrogen) atoms. The standard InChI is InChI=1S/C13H7BrN2O3/c14-10-4-5-13(12(7-10)16(17)18)19-11-3-1-2-9(6-11)8-15/h1-7H. The molecule has 0 N–H and O–H groups in total. The van der Waals surface area contributed by atoms with Gasteiger partial charge in [0.25, 0.3) is 0 Å². The van der Waals surface area contributed by atoms with Gasteiger partial charge < -0.3 is 4.74 Å². The highest BCUT2D eigenvalue weighted by molar-refractivity contribution is 9.10. The van der Waals surface area contributed by atoms with Gasteiger partial charge in [-0.3, -0.25) is 10.1 Å². The third-order valence-corrected chi connectivity index (χ3v) is 2.80. The maximum absolute atomic E-state index is 10.9. The molecule has 0 amide bonds. The number of rotatable bonds is 3. The maximum Gasteiger partial charge on any atom is 0.312 e. The van der Waals surface area contributed by atoms with E-state index in [1.807, 2.05) is 6.07 Å². The van der Waals surface area contributed by atoms with E-state index in [2.05, 4.69) is 15.9 Å². The highest BCUT2D eigenvalue weighted by Crippen LogP contribution is 2.33. The Morgan fingerprint density at radius 3 is 2.74 bits per heavy atom. The molecule has 94 valence electrons. The van der Waals surface area contributed by atoms with Crippen LogP contribution in [0.4, 0.5) is 5.69 Å². The molecule has 2 rings (SSSR count). The minimum absolute atomic E-state index is 0.128. The predicted octanol–water partition coefficient (Wildman–Crippen LogP) is 4.02. The van der Waals surface area contributed by atoms with E-state index in [4.69, 9.17) is 10.00 Å². The van der Waals surface area contributed by atoms with Gasteiger partial charge in [-0.1, -0.05) is 22.0 Å². The van der Waals surface area contributed by atoms with Gasteiger partial charge in [0, 0.05) is 10.5 Å². The second kappa shape index (κ2) is 5.50. The van der Waals surface area contributed by atoms with Gasteiger partial charge in [-0.2, -0.15) is 5.26 Å². The number of ether oxygens (including phenoxy) is 1. The van der Waals surface area contributed by atoms with Crippen LogP contribution in [0.3, 0.4) is 0 Å². The highest BCUT2D eigenvalue weighted by Gasteiger charge is 2.16. The molecular weight excluding hydrogens is 312 g/mol. The van der Waals surface area contributed by atoms with Gasteiger partial charge in [-0.05, 0) is 30.3 Å². The van der Waals surface area contributed by atoms with Crippen molar-refractivity contribution in [2.75, 3.05) is 0 Å². The maximum atomic E-state index is 10.9. The van der Waals surface area contributed by atoms with Crippen molar-refractivity contribution in [3.63, 3.8) is 0 Å². The lowest BCUT2D eigenvalue weighted by atomic mass is 10.2. The Balaban J connectivity index is 2.38. The first-order valence-electron chi connectivity index (χ1n) is 5.22. The van der Waals surface area contributed by atoms with Crippen LogP contribution in [-0.2, 0) is 0 Å². The summed E-state index contributed by atoms with van der Waals surface area (Å²) >= 11 is 3.17. The Morgan fingerprint density at radius 1 is 1.26 bits per heavy atom. The van der Waals surface area contributed by atoms with Gasteiger partial charge in [-0.25, -0.2) is 0 Å². The van der Waals surface area contributed by atoms with Crippen molar-refractivity contribution in [3.05, 3.63) is 62.6 Å². The Morgan fingerprint density at radius 2 is 2.05 bits per heavy atom. The van der Waals surface area contributed by atoms with Crippen LogP contribution in [0.5, 0.6) is 11.5 Å². The minimum atomic E-state index is -0.520. The fourth-order valence-corrected chi connectivity index (χ4v) is 1.82. The summed E-state index contributed by atoms with van der Waals surface area (Å²) in [6.45, 7) is 0. The van der Waals surface area contributed by atoms with E-state index in [-0.39, 0.29) is 11.4 Å². The number of nitro benzene ring substituents is 1. The van der Waals surface area contributed by atoms with E-state index >= 15 is 0 Å². The van der Waals surface area contributed by atoms with Gasteiger partial charge in [0.15, 0.2) is 0 Å². The van der Waals surface area contributed by atoms with Crippen molar-refractivity contribution in [1.82, 2.24) is 0 Å². The fraction of sp³-hybridized carbons (Fsp3) is 0. The lowest BCUT2D eigenvalue weighted by Crippen LogP contribution is -1.93. The topological polar surface area (TPSA) is 76.2 Å². The molecule has 0 spiro atoms. The Kier molecular flexibility index (Phi) is 3.78. The molecular formula is C13H7BrN2O3. The summed E-state index contributed by atoms with van der Waals surface area (Å²) in [7, 11) is 0. The molecule has 0 aliphatic carbocycles. The molecule has 0 aromatic heterocycles. The van der Waals surface area contributed by atoms with Crippen molar-refractivity contribution in [1.29, 1.82) is 5.26 Å². The first-order valence-corrected chi connectivity index (χ1v) is 6.01. The average Bonchev–Trinajstić information content (AvgIpc) is 2.41. The van der Waals surface area contributed by atoms with Crippen molar-refractivity contribution in [2.45, 2.75) is 0 Å². The van der Waals surface area contributed by atoms with Crippen molar-refractivity contribution < 1.29 is 9.66 Å². The molecule has 0 fully saturated rings. The minimum Gasteiger partial charge on any atom is -0.450 e. The molecule has 0 atom stereocenters. The first-order chi connectivity index (χ1) is 9.10. The van der Waals surface area contributed by atoms with Crippen LogP contribution >= 0.6 is 15.9 Å². The molecule has 0 aliphatic heterocycles. The Bertz CT molecular complexity index is 680. The number of nitro groups is 1. The lowest BCUT2D eigenvalue weighted by molar-refractivity contribution is -0.385. The molecule has 0 saturated carbocycles. The van der Waals surface area contributed by atoms with E-state index in [1.54, 1.807) is 24.3 Å². The van der Waals surface area contributed by atoms with Gasteiger partial charge in [0.2, 0.25) is 5.75 Å². The van der Waals surface area contributed by atoms with E-state index < -0.39 is 4.92 Å². The molecule has 0 radical (unpaired) electrons. The summed E-state index contributed by atoms with van der Waals surface area (Å²) in [5.74, 6) is 0.507. The van der Waals surface area contributed by atoms with Crippen molar-refractivity contribution in [2.24, 2.45) is 0 Å². The van der Waals surface area contributed by atoms with Crippen LogP contribution in [0.1, 0.15) is 5.56 Å². The fourth-order valence-electron chi connectivity index (χ4n) is 1.48. The molecule has 5 nitrogen and oxygen atoms in total. The van der Waals surface area contributed by atoms with E-state index in [9.17, 15) is 10.1 Å². The monoisotopic (exact) mass is 318 g/mol. The first kappa shape index (κ1) is 13.1. The third-order valence-electron chi connectivity index (χ3n) is 2.31. The SMILES string of the molecule is N#Cc1cccc(Oc2ccc(Br)cc2[N+](=O)[O-])c1. The lowest BCUT2D eigenvalue weighted by Gasteiger charge is -2.06. The Hall–Kier alpha value is -2.39. The number of nitrogens with zero attached hydrogens (tertiary/aromatic N) is 2. The van der Waals surface area contributed by atoms with E-state index in [0.29, 0.717) is 15.8 Å². The molecule has 0 heterocycles. The van der Waals surface area contributed by atoms with Crippen molar-refractivity contribution in [3.8, 4) is 17.6 Å². The summed E-state index contributed by atoms with van der Waals surface area (Å²) in [5.41, 5.74) is 0.286. The van der Waals surface area contributed by atoms with E-state index in [1.165, 1.54) is 18.2 Å². The summed E-state index contributed by atoms with van der Waals surface area (Å²) in [4.78, 5) is 10.4. The molecule has 0 unspecified atom stereocenters. The molecule has 0 bridgehead atoms. The largest absolute Gasteiger partial charge is 0.450 e. The zero-order valence-corrected chi connectivity index (χ0v) is 11.1. The highest BCUT2D eigenvalue weighted by atomic mass is 79.9. The van der Waals surface area contributed by atoms with Crippen LogP contribution in [-0.4, -0.2) is 4.92 Å². The van der Waals surface area contributed by atoms with Gasteiger partial charge in [0.05, 0.1) is 16.6 Å². The number of nitriles is 1. The van der Waals surface area contributed by atoms with Gasteiger partial charge >= 0.3 is 5.69 Å². The zero-order chi connectivity index (χ0) is 13.8. The summed E-state index contributed by atoms with van der Waals surface area (Å²) in [6.07, 6.45) is 0. The second-order valence-electron chi connectivity index (χ2n) is 3.61. The molecule has 6 heteroatoms. The molecule has 2 aromatic rings. The molecule has 0 saturated heterocycles. The number of halogens is 1. The summed E-state index contributed by atoms with van der Waals surface area (Å²) < 4.78 is 6.05. The van der Waals surface area contributed by atoms with Gasteiger partial charge in [0.1, 0.15) is 5.75 Å². The smallest absolute Gasteiger partial charge is 0.312 e. The summed E-state index contributed by atoms with van der Waals surface area (Å²) in [6, 6.07) is 12.9. The predicted molar refractivity (Wildman–Crippen MR) is 72.0 cm³/mol. The average molecular weight is 319 g/mol. The molecule has 0 aliphatic rings. The number of hydrogen-bond donors (Lipinski definition) is 0. The van der Waals surface area contributed by atoms with Crippen LogP contribution in [0, 0.1) is 21.4 Å². The molecule has 2 aromatic carbocycles. The van der Waals surface area contributed by atoms with Crippen LogP contribution in [0.15, 0.2) is 46.9 Å². The van der Waals surface area contributed by atoms with Crippen molar-refractivity contribution >= 4 is 21.6 Å². The van der Waals surface area contributed by atoms with Crippen LogP contribution < -0.4 is 4.74 Å². The number of hydrogen-bond acceptors (Lipinski definition) is 4. The summed E-state index contributed by atoms with van der Waals surface area (Å²) in [5, 5.41) is 19.7. The van der Waals surface area contributed by atoms with Crippen LogP contribution in [0.2, 0.25) is 0 Å². The van der Waals surface area contributed by atoms with Crippen LogP contribution in [0.25, 0.3) is 0 Å². The zero-order valence-electron chi connectivity index (χ0n) is 9.54. The third kappa shape index (κ3) is 3.09. The van der Waals surface area contributed by atoms with E-state index in [0.717, 1.165) is 0 Å². The quantitative estimate of drug-likeness (QED) is 0.632. The number of benzene rings is 2. The second-order valence-corrected chi connectivity index (χ2v) is 4.53. The normalized spacial score (nSPS) is 9.68. The Labute approximate surface area is 117 Å².